The van der Waals surface area contributed by atoms with Crippen molar-refractivity contribution in [2.45, 2.75) is 13.3 Å². The maximum Gasteiger partial charge on any atom is 0.163 e. The molecule has 1 aromatic rings. The minimum Gasteiger partial charge on any atom is -0.486 e. The van der Waals surface area contributed by atoms with Gasteiger partial charge in [0, 0.05) is 25.2 Å². The van der Waals surface area contributed by atoms with Crippen LogP contribution in [-0.4, -0.2) is 51.8 Å². The van der Waals surface area contributed by atoms with Crippen molar-refractivity contribution in [3.63, 3.8) is 0 Å². The normalized spacial score (nSPS) is 13.6. The molecule has 5 nitrogen and oxygen atoms in total. The van der Waals surface area contributed by atoms with Crippen LogP contribution in [0.15, 0.2) is 12.1 Å². The molecular weight excluding hydrogens is 254 g/mol. The van der Waals surface area contributed by atoms with Crippen molar-refractivity contribution in [2.24, 2.45) is 0 Å². The lowest BCUT2D eigenvalue weighted by atomic mass is 10.2. The predicted molar refractivity (Wildman–Crippen MR) is 82.9 cm³/mol. The Morgan fingerprint density at radius 3 is 2.35 bits per heavy atom. The molecule has 20 heavy (non-hydrogen) atoms. The Hall–Kier alpha value is -1.62. The molecule has 0 aromatic heterocycles. The van der Waals surface area contributed by atoms with Crippen LogP contribution < -0.4 is 20.1 Å². The Balaban J connectivity index is 2.12. The number of nitrogen functional groups attached to an aromatic ring is 1. The van der Waals surface area contributed by atoms with Gasteiger partial charge in [-0.1, -0.05) is 0 Å². The average molecular weight is 279 g/mol. The summed E-state index contributed by atoms with van der Waals surface area (Å²) in [6, 6.07) is 3.88. The van der Waals surface area contributed by atoms with Gasteiger partial charge in [0.15, 0.2) is 11.5 Å². The molecule has 2 rings (SSSR count). The first-order chi connectivity index (χ1) is 9.61. The summed E-state index contributed by atoms with van der Waals surface area (Å²) in [6.07, 6.45) is 1.11. The number of hydrogen-bond donors (Lipinski definition) is 1. The van der Waals surface area contributed by atoms with Crippen molar-refractivity contribution in [1.29, 1.82) is 0 Å². The zero-order valence-electron chi connectivity index (χ0n) is 12.7. The SMILES string of the molecule is CCN(CCCN(C)C)c1cc2c(cc1N)OCCO2. The van der Waals surface area contributed by atoms with E-state index in [0.717, 1.165) is 48.9 Å². The molecule has 0 radical (unpaired) electrons. The molecule has 0 aliphatic carbocycles. The highest BCUT2D eigenvalue weighted by Crippen LogP contribution is 2.38. The lowest BCUT2D eigenvalue weighted by molar-refractivity contribution is 0.172. The molecule has 2 N–H and O–H groups in total. The van der Waals surface area contributed by atoms with Gasteiger partial charge in [0.05, 0.1) is 11.4 Å². The van der Waals surface area contributed by atoms with Gasteiger partial charge >= 0.3 is 0 Å². The van der Waals surface area contributed by atoms with E-state index in [0.29, 0.717) is 13.2 Å². The molecule has 0 fully saturated rings. The summed E-state index contributed by atoms with van der Waals surface area (Å²) in [4.78, 5) is 4.48. The van der Waals surface area contributed by atoms with Crippen LogP contribution in [0.3, 0.4) is 0 Å². The van der Waals surface area contributed by atoms with Crippen molar-refractivity contribution in [3.8, 4) is 11.5 Å². The molecule has 1 aliphatic rings. The van der Waals surface area contributed by atoms with Crippen molar-refractivity contribution in [2.75, 3.05) is 57.6 Å². The molecule has 0 unspecified atom stereocenters. The van der Waals surface area contributed by atoms with Gasteiger partial charge in [-0.3, -0.25) is 0 Å². The van der Waals surface area contributed by atoms with Gasteiger partial charge in [0.2, 0.25) is 0 Å². The summed E-state index contributed by atoms with van der Waals surface area (Å²) in [5.41, 5.74) is 7.95. The summed E-state index contributed by atoms with van der Waals surface area (Å²) < 4.78 is 11.2. The Morgan fingerprint density at radius 2 is 1.75 bits per heavy atom. The fourth-order valence-corrected chi connectivity index (χ4v) is 2.39. The maximum atomic E-state index is 6.16. The van der Waals surface area contributed by atoms with E-state index in [4.69, 9.17) is 15.2 Å². The standard InChI is InChI=1S/C15H25N3O2/c1-4-18(7-5-6-17(2)3)13-11-15-14(10-12(13)16)19-8-9-20-15/h10-11H,4-9,16H2,1-3H3. The first-order valence-electron chi connectivity index (χ1n) is 7.20. The first-order valence-corrected chi connectivity index (χ1v) is 7.20. The van der Waals surface area contributed by atoms with E-state index in [9.17, 15) is 0 Å². The molecule has 0 saturated heterocycles. The minimum atomic E-state index is 0.589. The number of hydrogen-bond acceptors (Lipinski definition) is 5. The number of ether oxygens (including phenoxy) is 2. The molecule has 0 saturated carbocycles. The number of anilines is 2. The van der Waals surface area contributed by atoms with Crippen LogP contribution >= 0.6 is 0 Å². The van der Waals surface area contributed by atoms with Gasteiger partial charge in [-0.25, -0.2) is 0 Å². The minimum absolute atomic E-state index is 0.589. The van der Waals surface area contributed by atoms with Crippen LogP contribution in [0.5, 0.6) is 11.5 Å². The van der Waals surface area contributed by atoms with E-state index < -0.39 is 0 Å². The van der Waals surface area contributed by atoms with Gasteiger partial charge in [-0.15, -0.1) is 0 Å². The quantitative estimate of drug-likeness (QED) is 0.805. The number of rotatable bonds is 6. The van der Waals surface area contributed by atoms with Crippen LogP contribution in [-0.2, 0) is 0 Å². The zero-order chi connectivity index (χ0) is 14.5. The Kier molecular flexibility index (Phi) is 4.95. The van der Waals surface area contributed by atoms with E-state index in [2.05, 4.69) is 30.8 Å². The van der Waals surface area contributed by atoms with Crippen LogP contribution in [0, 0.1) is 0 Å². The third-order valence-corrected chi connectivity index (χ3v) is 3.45. The van der Waals surface area contributed by atoms with Crippen molar-refractivity contribution >= 4 is 11.4 Å². The van der Waals surface area contributed by atoms with Gasteiger partial charge < -0.3 is 25.0 Å². The third-order valence-electron chi connectivity index (χ3n) is 3.45. The second-order valence-electron chi connectivity index (χ2n) is 5.29. The largest absolute Gasteiger partial charge is 0.486 e. The van der Waals surface area contributed by atoms with Gasteiger partial charge in [-0.2, -0.15) is 0 Å². The molecule has 0 amide bonds. The Morgan fingerprint density at radius 1 is 1.10 bits per heavy atom. The highest BCUT2D eigenvalue weighted by Gasteiger charge is 2.17. The molecule has 0 spiro atoms. The first kappa shape index (κ1) is 14.8. The summed E-state index contributed by atoms with van der Waals surface area (Å²) in [5.74, 6) is 1.55. The van der Waals surface area contributed by atoms with Crippen molar-refractivity contribution in [3.05, 3.63) is 12.1 Å². The number of nitrogens with zero attached hydrogens (tertiary/aromatic N) is 2. The maximum absolute atomic E-state index is 6.16. The molecule has 5 heteroatoms. The smallest absolute Gasteiger partial charge is 0.163 e. The third kappa shape index (κ3) is 3.48. The summed E-state index contributed by atoms with van der Waals surface area (Å²) in [7, 11) is 4.18. The van der Waals surface area contributed by atoms with Crippen LogP contribution in [0.1, 0.15) is 13.3 Å². The average Bonchev–Trinajstić information content (AvgIpc) is 2.43. The zero-order valence-corrected chi connectivity index (χ0v) is 12.7. The Labute approximate surface area is 121 Å². The molecule has 1 aliphatic heterocycles. The topological polar surface area (TPSA) is 51.0 Å². The fraction of sp³-hybridized carbons (Fsp3) is 0.600. The Bertz CT molecular complexity index is 449. The monoisotopic (exact) mass is 279 g/mol. The lowest BCUT2D eigenvalue weighted by Crippen LogP contribution is -2.28. The fourth-order valence-electron chi connectivity index (χ4n) is 2.39. The highest BCUT2D eigenvalue weighted by atomic mass is 16.6. The molecule has 1 heterocycles. The lowest BCUT2D eigenvalue weighted by Gasteiger charge is -2.27. The van der Waals surface area contributed by atoms with Crippen LogP contribution in [0.25, 0.3) is 0 Å². The number of benzene rings is 1. The molecule has 0 atom stereocenters. The second-order valence-corrected chi connectivity index (χ2v) is 5.29. The van der Waals surface area contributed by atoms with E-state index in [1.165, 1.54) is 0 Å². The molecule has 1 aromatic carbocycles. The van der Waals surface area contributed by atoms with Crippen LogP contribution in [0.2, 0.25) is 0 Å². The molecular formula is C15H25N3O2. The summed E-state index contributed by atoms with van der Waals surface area (Å²) in [6.45, 7) is 6.32. The van der Waals surface area contributed by atoms with Gasteiger partial charge in [0.25, 0.3) is 0 Å². The summed E-state index contributed by atoms with van der Waals surface area (Å²) >= 11 is 0. The van der Waals surface area contributed by atoms with Gasteiger partial charge in [0.1, 0.15) is 13.2 Å². The van der Waals surface area contributed by atoms with E-state index in [1.54, 1.807) is 0 Å². The summed E-state index contributed by atoms with van der Waals surface area (Å²) in [5, 5.41) is 0. The van der Waals surface area contributed by atoms with Crippen molar-refractivity contribution < 1.29 is 9.47 Å². The van der Waals surface area contributed by atoms with Gasteiger partial charge in [-0.05, 0) is 34.0 Å². The van der Waals surface area contributed by atoms with E-state index in [-0.39, 0.29) is 0 Å². The molecule has 112 valence electrons. The molecule has 0 bridgehead atoms. The number of nitrogens with two attached hydrogens (primary N) is 1. The van der Waals surface area contributed by atoms with Crippen molar-refractivity contribution in [1.82, 2.24) is 4.90 Å². The number of fused-ring (bicyclic) bond motifs is 1. The second kappa shape index (κ2) is 6.70. The van der Waals surface area contributed by atoms with E-state index in [1.807, 2.05) is 12.1 Å². The van der Waals surface area contributed by atoms with Crippen LogP contribution in [0.4, 0.5) is 11.4 Å². The predicted octanol–water partition coefficient (Wildman–Crippen LogP) is 1.82. The highest BCUT2D eigenvalue weighted by molar-refractivity contribution is 5.73. The van der Waals surface area contributed by atoms with E-state index >= 15 is 0 Å².